The average molecular weight is 263 g/mol. The van der Waals surface area contributed by atoms with Gasteiger partial charge in [-0.2, -0.15) is 0 Å². The maximum atomic E-state index is 5.59. The first-order chi connectivity index (χ1) is 9.29. The van der Waals surface area contributed by atoms with Crippen LogP contribution in [-0.2, 0) is 4.74 Å². The number of nitrogens with zero attached hydrogens (tertiary/aromatic N) is 3. The highest BCUT2D eigenvalue weighted by Gasteiger charge is 2.29. The third-order valence-corrected chi connectivity index (χ3v) is 3.74. The predicted octanol–water partition coefficient (Wildman–Crippen LogP) is 1.17. The lowest BCUT2D eigenvalue weighted by atomic mass is 10.2. The molecule has 0 radical (unpaired) electrons. The zero-order chi connectivity index (χ0) is 13.2. The van der Waals surface area contributed by atoms with E-state index >= 15 is 0 Å². The third-order valence-electron chi connectivity index (χ3n) is 3.74. The highest BCUT2D eigenvalue weighted by atomic mass is 16.5. The summed E-state index contributed by atoms with van der Waals surface area (Å²) >= 11 is 0. The van der Waals surface area contributed by atoms with Crippen LogP contribution in [0.4, 0.5) is 11.6 Å². The number of nitrogen functional groups attached to an aromatic ring is 1. The van der Waals surface area contributed by atoms with Crippen LogP contribution in [0.5, 0.6) is 0 Å². The van der Waals surface area contributed by atoms with Gasteiger partial charge in [0.15, 0.2) is 0 Å². The van der Waals surface area contributed by atoms with Gasteiger partial charge in [0.1, 0.15) is 17.5 Å². The second kappa shape index (κ2) is 5.30. The summed E-state index contributed by atoms with van der Waals surface area (Å²) in [5, 5.41) is 0. The van der Waals surface area contributed by atoms with Crippen LogP contribution in [0, 0.1) is 6.92 Å². The number of rotatable bonds is 3. The zero-order valence-electron chi connectivity index (χ0n) is 11.4. The van der Waals surface area contributed by atoms with Gasteiger partial charge >= 0.3 is 0 Å². The lowest BCUT2D eigenvalue weighted by Gasteiger charge is -2.24. The summed E-state index contributed by atoms with van der Waals surface area (Å²) in [6, 6.07) is 0. The molecule has 2 aliphatic rings. The highest BCUT2D eigenvalue weighted by molar-refractivity contribution is 5.58. The first-order valence-electron chi connectivity index (χ1n) is 6.97. The van der Waals surface area contributed by atoms with Crippen LogP contribution < -0.4 is 16.2 Å². The number of nitrogens with one attached hydrogen (secondary N) is 1. The molecule has 1 aromatic heterocycles. The molecular formula is C13H21N5O. The summed E-state index contributed by atoms with van der Waals surface area (Å²) in [6.07, 6.45) is 3.42. The summed E-state index contributed by atoms with van der Waals surface area (Å²) in [5.41, 5.74) is 3.73. The number of hydrogen-bond acceptors (Lipinski definition) is 6. The molecule has 0 amide bonds. The molecule has 0 atom stereocenters. The minimum absolute atomic E-state index is 0.523. The first kappa shape index (κ1) is 12.6. The van der Waals surface area contributed by atoms with E-state index in [1.54, 1.807) is 0 Å². The number of nitrogens with two attached hydrogens (primary N) is 1. The maximum absolute atomic E-state index is 5.59. The molecule has 19 heavy (non-hydrogen) atoms. The van der Waals surface area contributed by atoms with E-state index in [0.717, 1.165) is 55.7 Å². The Balaban J connectivity index is 1.95. The van der Waals surface area contributed by atoms with E-state index in [1.165, 1.54) is 12.8 Å². The van der Waals surface area contributed by atoms with Crippen LogP contribution in [0.2, 0.25) is 0 Å². The van der Waals surface area contributed by atoms with Crippen LogP contribution in [-0.4, -0.2) is 36.3 Å². The number of hydrazine groups is 1. The first-order valence-corrected chi connectivity index (χ1v) is 6.97. The molecule has 1 saturated carbocycles. The van der Waals surface area contributed by atoms with Crippen molar-refractivity contribution in [3.8, 4) is 0 Å². The van der Waals surface area contributed by atoms with Gasteiger partial charge in [0.2, 0.25) is 0 Å². The van der Waals surface area contributed by atoms with Crippen LogP contribution in [0.25, 0.3) is 0 Å². The Hall–Kier alpha value is -1.40. The molecule has 0 aromatic carbocycles. The summed E-state index contributed by atoms with van der Waals surface area (Å²) in [5.74, 6) is 8.79. The summed E-state index contributed by atoms with van der Waals surface area (Å²) < 4.78 is 5.51. The van der Waals surface area contributed by atoms with Crippen molar-refractivity contribution in [2.75, 3.05) is 36.6 Å². The van der Waals surface area contributed by atoms with Crippen molar-refractivity contribution >= 4 is 11.6 Å². The zero-order valence-corrected chi connectivity index (χ0v) is 11.4. The third kappa shape index (κ3) is 2.64. The monoisotopic (exact) mass is 263 g/mol. The van der Waals surface area contributed by atoms with Crippen molar-refractivity contribution in [1.29, 1.82) is 0 Å². The van der Waals surface area contributed by atoms with Gasteiger partial charge in [0, 0.05) is 31.2 Å². The molecule has 1 aliphatic carbocycles. The van der Waals surface area contributed by atoms with Gasteiger partial charge in [-0.05, 0) is 26.2 Å². The molecule has 1 aliphatic heterocycles. The normalized spacial score (nSPS) is 20.2. The SMILES string of the molecule is Cc1c(NN)nc(C2CC2)nc1N1CCCOCC1. The van der Waals surface area contributed by atoms with Gasteiger partial charge in [0.25, 0.3) is 0 Å². The van der Waals surface area contributed by atoms with Gasteiger partial charge in [-0.3, -0.25) is 0 Å². The lowest BCUT2D eigenvalue weighted by molar-refractivity contribution is 0.152. The van der Waals surface area contributed by atoms with Gasteiger partial charge < -0.3 is 15.1 Å². The van der Waals surface area contributed by atoms with Crippen molar-refractivity contribution in [2.24, 2.45) is 5.84 Å². The van der Waals surface area contributed by atoms with Crippen molar-refractivity contribution < 1.29 is 4.74 Å². The summed E-state index contributed by atoms with van der Waals surface area (Å²) in [7, 11) is 0. The molecule has 0 unspecified atom stereocenters. The predicted molar refractivity (Wildman–Crippen MR) is 74.2 cm³/mol. The highest BCUT2D eigenvalue weighted by Crippen LogP contribution is 2.40. The molecule has 1 aromatic rings. The van der Waals surface area contributed by atoms with E-state index in [-0.39, 0.29) is 0 Å². The van der Waals surface area contributed by atoms with Crippen molar-refractivity contribution in [3.05, 3.63) is 11.4 Å². The fraction of sp³-hybridized carbons (Fsp3) is 0.692. The van der Waals surface area contributed by atoms with Crippen molar-refractivity contribution in [2.45, 2.75) is 32.1 Å². The van der Waals surface area contributed by atoms with Crippen molar-refractivity contribution in [3.63, 3.8) is 0 Å². The van der Waals surface area contributed by atoms with Crippen LogP contribution in [0.3, 0.4) is 0 Å². The molecule has 2 fully saturated rings. The Morgan fingerprint density at radius 2 is 2.11 bits per heavy atom. The average Bonchev–Trinajstić information content (AvgIpc) is 3.26. The molecule has 6 nitrogen and oxygen atoms in total. The Bertz CT molecular complexity index is 453. The Labute approximate surface area is 113 Å². The van der Waals surface area contributed by atoms with Crippen molar-refractivity contribution in [1.82, 2.24) is 9.97 Å². The summed E-state index contributed by atoms with van der Waals surface area (Å²) in [6.45, 7) is 5.47. The van der Waals surface area contributed by atoms with E-state index in [4.69, 9.17) is 15.6 Å². The topological polar surface area (TPSA) is 76.3 Å². The Kier molecular flexibility index (Phi) is 3.52. The Morgan fingerprint density at radius 3 is 2.84 bits per heavy atom. The smallest absolute Gasteiger partial charge is 0.148 e. The molecule has 1 saturated heterocycles. The second-order valence-electron chi connectivity index (χ2n) is 5.25. The molecule has 0 spiro atoms. The van der Waals surface area contributed by atoms with Gasteiger partial charge in [0.05, 0.1) is 6.61 Å². The molecule has 6 heteroatoms. The van der Waals surface area contributed by atoms with E-state index in [1.807, 2.05) is 6.92 Å². The van der Waals surface area contributed by atoms with E-state index < -0.39 is 0 Å². The number of aromatic nitrogens is 2. The van der Waals surface area contributed by atoms with E-state index in [9.17, 15) is 0 Å². The minimum atomic E-state index is 0.523. The van der Waals surface area contributed by atoms with E-state index in [2.05, 4.69) is 15.3 Å². The van der Waals surface area contributed by atoms with Gasteiger partial charge in [-0.1, -0.05) is 0 Å². The second-order valence-corrected chi connectivity index (χ2v) is 5.25. The lowest BCUT2D eigenvalue weighted by Crippen LogP contribution is -2.29. The van der Waals surface area contributed by atoms with Crippen LogP contribution in [0.15, 0.2) is 0 Å². The number of ether oxygens (including phenoxy) is 1. The molecule has 2 heterocycles. The fourth-order valence-corrected chi connectivity index (χ4v) is 2.45. The Morgan fingerprint density at radius 1 is 1.26 bits per heavy atom. The van der Waals surface area contributed by atoms with E-state index in [0.29, 0.717) is 5.92 Å². The molecule has 3 rings (SSSR count). The van der Waals surface area contributed by atoms with Gasteiger partial charge in [-0.25, -0.2) is 15.8 Å². The van der Waals surface area contributed by atoms with Crippen LogP contribution >= 0.6 is 0 Å². The molecule has 104 valence electrons. The van der Waals surface area contributed by atoms with Gasteiger partial charge in [-0.15, -0.1) is 0 Å². The number of hydrogen-bond donors (Lipinski definition) is 2. The standard InChI is InChI=1S/C13H21N5O/c1-9-11(17-14)15-12(10-3-4-10)16-13(9)18-5-2-7-19-8-6-18/h10H,2-8,14H2,1H3,(H,15,16,17). The number of anilines is 2. The van der Waals surface area contributed by atoms with Crippen LogP contribution in [0.1, 0.15) is 36.6 Å². The molecule has 3 N–H and O–H groups in total. The quantitative estimate of drug-likeness (QED) is 0.630. The molecular weight excluding hydrogens is 242 g/mol. The maximum Gasteiger partial charge on any atom is 0.148 e. The summed E-state index contributed by atoms with van der Waals surface area (Å²) in [4.78, 5) is 11.6. The molecule has 0 bridgehead atoms. The minimum Gasteiger partial charge on any atom is -0.380 e. The largest absolute Gasteiger partial charge is 0.380 e. The fourth-order valence-electron chi connectivity index (χ4n) is 2.45.